The van der Waals surface area contributed by atoms with E-state index in [1.165, 1.54) is 31.4 Å². The van der Waals surface area contributed by atoms with Crippen LogP contribution >= 0.6 is 0 Å². The first-order chi connectivity index (χ1) is 17.0. The number of non-ortho nitro benzene ring substituents is 1. The normalized spacial score (nSPS) is 13.5. The molecule has 5 rings (SSSR count). The van der Waals surface area contributed by atoms with Crippen molar-refractivity contribution in [2.75, 3.05) is 17.3 Å². The predicted molar refractivity (Wildman–Crippen MR) is 133 cm³/mol. The van der Waals surface area contributed by atoms with Gasteiger partial charge in [-0.2, -0.15) is 0 Å². The van der Waals surface area contributed by atoms with Crippen molar-refractivity contribution >= 4 is 45.2 Å². The second-order valence-corrected chi connectivity index (χ2v) is 7.85. The van der Waals surface area contributed by atoms with Gasteiger partial charge in [0.1, 0.15) is 11.4 Å². The number of rotatable bonds is 6. The predicted octanol–water partition coefficient (Wildman–Crippen LogP) is 5.15. The summed E-state index contributed by atoms with van der Waals surface area (Å²) >= 11 is 0. The average Bonchev–Trinajstić information content (AvgIpc) is 3.13. The highest BCUT2D eigenvalue weighted by molar-refractivity contribution is 6.46. The molecule has 0 bridgehead atoms. The van der Waals surface area contributed by atoms with E-state index < -0.39 is 16.7 Å². The summed E-state index contributed by atoms with van der Waals surface area (Å²) in [6.07, 6.45) is 0. The van der Waals surface area contributed by atoms with Gasteiger partial charge in [-0.1, -0.05) is 42.5 Å². The fourth-order valence-corrected chi connectivity index (χ4v) is 4.12. The van der Waals surface area contributed by atoms with E-state index in [0.717, 1.165) is 15.7 Å². The van der Waals surface area contributed by atoms with Gasteiger partial charge in [0.2, 0.25) is 0 Å². The van der Waals surface area contributed by atoms with Gasteiger partial charge in [0.05, 0.1) is 23.3 Å². The summed E-state index contributed by atoms with van der Waals surface area (Å²) in [7, 11) is 1.50. The van der Waals surface area contributed by atoms with E-state index in [9.17, 15) is 19.7 Å². The fourth-order valence-electron chi connectivity index (χ4n) is 4.12. The van der Waals surface area contributed by atoms with Crippen molar-refractivity contribution in [3.05, 3.63) is 112 Å². The molecule has 0 atom stereocenters. The van der Waals surface area contributed by atoms with E-state index in [0.29, 0.717) is 22.7 Å². The lowest BCUT2D eigenvalue weighted by Gasteiger charge is -2.16. The van der Waals surface area contributed by atoms with Gasteiger partial charge in [-0.25, -0.2) is 4.90 Å². The Morgan fingerprint density at radius 2 is 1.57 bits per heavy atom. The monoisotopic (exact) mass is 465 g/mol. The molecule has 1 aliphatic rings. The molecule has 1 aliphatic heterocycles. The first-order valence-electron chi connectivity index (χ1n) is 10.7. The van der Waals surface area contributed by atoms with Crippen molar-refractivity contribution in [1.82, 2.24) is 0 Å². The van der Waals surface area contributed by atoms with Crippen molar-refractivity contribution in [2.24, 2.45) is 0 Å². The third-order valence-corrected chi connectivity index (χ3v) is 5.81. The number of hydrogen-bond donors (Lipinski definition) is 1. The van der Waals surface area contributed by atoms with E-state index in [4.69, 9.17) is 4.74 Å². The number of benzene rings is 4. The Balaban J connectivity index is 1.65. The summed E-state index contributed by atoms with van der Waals surface area (Å²) in [6.45, 7) is 0. The molecule has 35 heavy (non-hydrogen) atoms. The average molecular weight is 465 g/mol. The lowest BCUT2D eigenvalue weighted by atomic mass is 10.0. The second-order valence-electron chi connectivity index (χ2n) is 7.85. The molecule has 1 heterocycles. The van der Waals surface area contributed by atoms with Gasteiger partial charge in [-0.05, 0) is 41.3 Å². The minimum Gasteiger partial charge on any atom is -0.497 e. The standard InChI is InChI=1S/C27H19N3O5/c1-35-21-9-5-8-20(16-21)29-26(31)24(18-12-14-19(15-13-18)30(33)34)25(27(29)32)28-23-11-4-7-17-6-2-3-10-22(17)23/h2-16,28H,1H3. The Bertz CT molecular complexity index is 1520. The number of nitrogens with zero attached hydrogens (tertiary/aromatic N) is 2. The summed E-state index contributed by atoms with van der Waals surface area (Å²) in [5.74, 6) is -0.583. The van der Waals surface area contributed by atoms with Crippen LogP contribution in [0.3, 0.4) is 0 Å². The molecule has 1 N–H and O–H groups in total. The van der Waals surface area contributed by atoms with Gasteiger partial charge < -0.3 is 10.1 Å². The topological polar surface area (TPSA) is 102 Å². The molecular weight excluding hydrogens is 446 g/mol. The number of methoxy groups -OCH3 is 1. The van der Waals surface area contributed by atoms with Gasteiger partial charge in [0, 0.05) is 29.3 Å². The zero-order chi connectivity index (χ0) is 24.5. The lowest BCUT2D eigenvalue weighted by molar-refractivity contribution is -0.384. The van der Waals surface area contributed by atoms with Crippen LogP contribution in [0.15, 0.2) is 96.7 Å². The Kier molecular flexibility index (Phi) is 5.46. The summed E-state index contributed by atoms with van der Waals surface area (Å²) < 4.78 is 5.26. The highest BCUT2D eigenvalue weighted by Crippen LogP contribution is 2.36. The molecular formula is C27H19N3O5. The molecule has 8 heteroatoms. The van der Waals surface area contributed by atoms with Gasteiger partial charge >= 0.3 is 0 Å². The lowest BCUT2D eigenvalue weighted by Crippen LogP contribution is -2.32. The van der Waals surface area contributed by atoms with Gasteiger partial charge in [0.25, 0.3) is 17.5 Å². The molecule has 0 saturated carbocycles. The van der Waals surface area contributed by atoms with Crippen molar-refractivity contribution in [2.45, 2.75) is 0 Å². The smallest absolute Gasteiger partial charge is 0.282 e. The van der Waals surface area contributed by atoms with E-state index in [-0.39, 0.29) is 17.0 Å². The number of fused-ring (bicyclic) bond motifs is 1. The number of nitrogens with one attached hydrogen (secondary N) is 1. The maximum Gasteiger partial charge on any atom is 0.282 e. The zero-order valence-corrected chi connectivity index (χ0v) is 18.6. The van der Waals surface area contributed by atoms with Crippen LogP contribution in [0.4, 0.5) is 17.1 Å². The molecule has 0 spiro atoms. The summed E-state index contributed by atoms with van der Waals surface area (Å²) in [5, 5.41) is 16.1. The SMILES string of the molecule is COc1cccc(N2C(=O)C(Nc3cccc4ccccc34)=C(c3ccc([N+](=O)[O-])cc3)C2=O)c1. The number of amides is 2. The van der Waals surface area contributed by atoms with Crippen LogP contribution in [0.1, 0.15) is 5.56 Å². The number of carbonyl (C=O) groups is 2. The maximum atomic E-state index is 13.7. The molecule has 0 radical (unpaired) electrons. The number of nitro groups is 1. The number of nitro benzene ring substituents is 1. The first kappa shape index (κ1) is 21.8. The van der Waals surface area contributed by atoms with E-state index in [1.807, 2.05) is 42.5 Å². The summed E-state index contributed by atoms with van der Waals surface area (Å²) in [5.41, 5.74) is 1.50. The van der Waals surface area contributed by atoms with Crippen LogP contribution in [-0.4, -0.2) is 23.8 Å². The first-order valence-corrected chi connectivity index (χ1v) is 10.7. The van der Waals surface area contributed by atoms with Crippen molar-refractivity contribution < 1.29 is 19.2 Å². The molecule has 4 aromatic carbocycles. The van der Waals surface area contributed by atoms with Crippen LogP contribution < -0.4 is 15.0 Å². The number of hydrogen-bond acceptors (Lipinski definition) is 6. The third kappa shape index (κ3) is 3.87. The van der Waals surface area contributed by atoms with E-state index in [1.54, 1.807) is 24.3 Å². The molecule has 0 fully saturated rings. The largest absolute Gasteiger partial charge is 0.497 e. The maximum absolute atomic E-state index is 13.7. The van der Waals surface area contributed by atoms with Crippen LogP contribution in [-0.2, 0) is 9.59 Å². The molecule has 2 amide bonds. The van der Waals surface area contributed by atoms with Crippen molar-refractivity contribution in [1.29, 1.82) is 0 Å². The summed E-state index contributed by atoms with van der Waals surface area (Å²) in [4.78, 5) is 39.0. The molecule has 8 nitrogen and oxygen atoms in total. The van der Waals surface area contributed by atoms with Crippen LogP contribution in [0.25, 0.3) is 16.3 Å². The molecule has 0 unspecified atom stereocenters. The van der Waals surface area contributed by atoms with E-state index >= 15 is 0 Å². The van der Waals surface area contributed by atoms with Crippen LogP contribution in [0, 0.1) is 10.1 Å². The number of ether oxygens (including phenoxy) is 1. The Hall–Kier alpha value is -4.98. The van der Waals surface area contributed by atoms with Crippen LogP contribution in [0.5, 0.6) is 5.75 Å². The quantitative estimate of drug-likeness (QED) is 0.240. The minimum atomic E-state index is -0.542. The summed E-state index contributed by atoms with van der Waals surface area (Å²) in [6, 6.07) is 25.5. The third-order valence-electron chi connectivity index (χ3n) is 5.81. The van der Waals surface area contributed by atoms with Gasteiger partial charge in [-0.3, -0.25) is 19.7 Å². The van der Waals surface area contributed by atoms with E-state index in [2.05, 4.69) is 5.32 Å². The molecule has 4 aromatic rings. The Labute approximate surface area is 200 Å². The molecule has 172 valence electrons. The second kappa shape index (κ2) is 8.75. The Morgan fingerprint density at radius 3 is 2.31 bits per heavy atom. The zero-order valence-electron chi connectivity index (χ0n) is 18.6. The Morgan fingerprint density at radius 1 is 0.857 bits per heavy atom. The van der Waals surface area contributed by atoms with Crippen LogP contribution in [0.2, 0.25) is 0 Å². The molecule has 0 aromatic heterocycles. The van der Waals surface area contributed by atoms with Gasteiger partial charge in [-0.15, -0.1) is 0 Å². The molecule has 0 aliphatic carbocycles. The minimum absolute atomic E-state index is 0.0861. The number of anilines is 2. The van der Waals surface area contributed by atoms with Gasteiger partial charge in [0.15, 0.2) is 0 Å². The number of imide groups is 1. The highest BCUT2D eigenvalue weighted by atomic mass is 16.6. The van der Waals surface area contributed by atoms with Crippen molar-refractivity contribution in [3.8, 4) is 5.75 Å². The highest BCUT2D eigenvalue weighted by Gasteiger charge is 2.40. The van der Waals surface area contributed by atoms with Crippen molar-refractivity contribution in [3.63, 3.8) is 0 Å². The fraction of sp³-hybridized carbons (Fsp3) is 0.0370. The molecule has 0 saturated heterocycles. The number of carbonyl (C=O) groups excluding carboxylic acids is 2.